The van der Waals surface area contributed by atoms with Crippen molar-refractivity contribution in [3.8, 4) is 34.5 Å². The van der Waals surface area contributed by atoms with E-state index in [0.29, 0.717) is 38.2 Å². The summed E-state index contributed by atoms with van der Waals surface area (Å²) in [5, 5.41) is 20.6. The van der Waals surface area contributed by atoms with Gasteiger partial charge in [0.1, 0.15) is 5.82 Å². The van der Waals surface area contributed by atoms with E-state index in [9.17, 15) is 28.5 Å². The zero-order chi connectivity index (χ0) is 34.1. The van der Waals surface area contributed by atoms with Crippen LogP contribution in [0.1, 0.15) is 41.5 Å². The highest BCUT2D eigenvalue weighted by Gasteiger charge is 2.29. The minimum absolute atomic E-state index is 0.00468. The molecule has 6 rings (SSSR count). The predicted molar refractivity (Wildman–Crippen MR) is 172 cm³/mol. The summed E-state index contributed by atoms with van der Waals surface area (Å²) in [4.78, 5) is 12.6. The molecule has 0 unspecified atom stereocenters. The van der Waals surface area contributed by atoms with Crippen molar-refractivity contribution in [1.82, 2.24) is 3.97 Å². The number of nitrogens with zero attached hydrogens (tertiary/aromatic N) is 3. The van der Waals surface area contributed by atoms with Crippen molar-refractivity contribution in [2.75, 3.05) is 7.11 Å². The number of alkyl halides is 2. The summed E-state index contributed by atoms with van der Waals surface area (Å²) in [5.74, 6) is -4.04. The van der Waals surface area contributed by atoms with E-state index >= 15 is 8.78 Å². The summed E-state index contributed by atoms with van der Waals surface area (Å²) in [6, 6.07) is 25.1. The highest BCUT2D eigenvalue weighted by molar-refractivity contribution is 7.98. The Bertz CT molecular complexity index is 2230. The van der Waals surface area contributed by atoms with E-state index in [0.717, 1.165) is 19.1 Å². The van der Waals surface area contributed by atoms with Crippen molar-refractivity contribution in [2.24, 2.45) is 0 Å². The van der Waals surface area contributed by atoms with E-state index in [4.69, 9.17) is 0 Å². The first-order chi connectivity index (χ1) is 23.2. The topological polar surface area (TPSA) is 78.8 Å². The summed E-state index contributed by atoms with van der Waals surface area (Å²) < 4.78 is 78.5. The third-order valence-corrected chi connectivity index (χ3v) is 9.08. The number of fused-ring (bicyclic) bond motifs is 1. The third-order valence-electron chi connectivity index (χ3n) is 8.03. The maximum absolute atomic E-state index is 15.5. The van der Waals surface area contributed by atoms with E-state index in [-0.39, 0.29) is 40.7 Å². The number of halogens is 5. The Morgan fingerprint density at radius 3 is 2.15 bits per heavy atom. The third kappa shape index (κ3) is 5.74. The fraction of sp³-hybridized carbons (Fsp3) is 0.108. The molecule has 0 atom stereocenters. The highest BCUT2D eigenvalue weighted by Crippen LogP contribution is 2.48. The number of carbonyl (C=O) groups excluding carboxylic acids is 1. The van der Waals surface area contributed by atoms with E-state index in [1.54, 1.807) is 34.3 Å². The summed E-state index contributed by atoms with van der Waals surface area (Å²) >= 11 is 1.13. The quantitative estimate of drug-likeness (QED) is 0.128. The average Bonchev–Trinajstić information content (AvgIpc) is 3.41. The Hall–Kier alpha value is -5.65. The van der Waals surface area contributed by atoms with Crippen LogP contribution < -0.4 is 0 Å². The molecular weight excluding hydrogens is 645 g/mol. The second-order valence-electron chi connectivity index (χ2n) is 10.7. The molecule has 5 aromatic rings. The standard InChI is InChI=1S/C37H22F5N3O2S/c1-47-37(46)28-14-13-27(33(39)34(28)40)21-4-2-5-22(16-21)35-32(31-23(18-43)6-3-7-24(31)19-44)29-17-25(38)10-15-30(29)45(35)48-26-11-8-20(9-12-26)36(41)42/h2-12,15-17,36H,13-14H2,1H3. The van der Waals surface area contributed by atoms with Gasteiger partial charge in [0.2, 0.25) is 0 Å². The van der Waals surface area contributed by atoms with Crippen molar-refractivity contribution in [1.29, 1.82) is 10.5 Å². The molecule has 1 aliphatic rings. The maximum atomic E-state index is 15.5. The Balaban J connectivity index is 1.66. The summed E-state index contributed by atoms with van der Waals surface area (Å²) in [6.07, 6.45) is -2.77. The number of benzene rings is 4. The number of aromatic nitrogens is 1. The van der Waals surface area contributed by atoms with Crippen LogP contribution in [-0.2, 0) is 9.53 Å². The van der Waals surface area contributed by atoms with Gasteiger partial charge < -0.3 is 4.74 Å². The first-order valence-corrected chi connectivity index (χ1v) is 15.2. The molecule has 1 aromatic heterocycles. The molecule has 0 radical (unpaired) electrons. The Morgan fingerprint density at radius 1 is 0.833 bits per heavy atom. The largest absolute Gasteiger partial charge is 0.466 e. The lowest BCUT2D eigenvalue weighted by Gasteiger charge is -2.18. The highest BCUT2D eigenvalue weighted by atomic mass is 32.2. The molecule has 0 amide bonds. The van der Waals surface area contributed by atoms with Gasteiger partial charge in [-0.25, -0.2) is 26.7 Å². The SMILES string of the molecule is COC(=O)C1=C(F)C(F)=C(c2cccc(-c3c(-c4c(C#N)cccc4C#N)c4cc(F)ccc4n3Sc3ccc(C(F)F)cc3)c2)CC1. The Labute approximate surface area is 275 Å². The Morgan fingerprint density at radius 2 is 1.50 bits per heavy atom. The summed E-state index contributed by atoms with van der Waals surface area (Å²) in [6.45, 7) is 0. The van der Waals surface area contributed by atoms with Gasteiger partial charge in [-0.15, -0.1) is 0 Å². The van der Waals surface area contributed by atoms with Crippen LogP contribution in [-0.4, -0.2) is 17.1 Å². The minimum Gasteiger partial charge on any atom is -0.466 e. The van der Waals surface area contributed by atoms with Gasteiger partial charge in [0.25, 0.3) is 6.43 Å². The van der Waals surface area contributed by atoms with Gasteiger partial charge >= 0.3 is 5.97 Å². The zero-order valence-electron chi connectivity index (χ0n) is 25.0. The van der Waals surface area contributed by atoms with E-state index in [1.807, 2.05) is 0 Å². The average molecular weight is 668 g/mol. The number of methoxy groups -OCH3 is 1. The monoisotopic (exact) mass is 667 g/mol. The molecule has 1 aliphatic carbocycles. The van der Waals surface area contributed by atoms with Crippen molar-refractivity contribution < 1.29 is 31.5 Å². The van der Waals surface area contributed by atoms with Crippen LogP contribution in [0.15, 0.2) is 107 Å². The van der Waals surface area contributed by atoms with E-state index < -0.39 is 35.4 Å². The van der Waals surface area contributed by atoms with Gasteiger partial charge in [0, 0.05) is 32.5 Å². The van der Waals surface area contributed by atoms with E-state index in [1.165, 1.54) is 54.6 Å². The first kappa shape index (κ1) is 32.3. The molecule has 5 nitrogen and oxygen atoms in total. The van der Waals surface area contributed by atoms with Crippen LogP contribution in [0.5, 0.6) is 0 Å². The van der Waals surface area contributed by atoms with Crippen LogP contribution in [0.25, 0.3) is 38.9 Å². The molecule has 0 fully saturated rings. The number of hydrogen-bond acceptors (Lipinski definition) is 5. The van der Waals surface area contributed by atoms with Crippen LogP contribution >= 0.6 is 11.9 Å². The fourth-order valence-corrected chi connectivity index (χ4v) is 6.82. The molecule has 1 heterocycles. The molecule has 4 aromatic carbocycles. The molecule has 0 aliphatic heterocycles. The molecule has 0 bridgehead atoms. The molecule has 238 valence electrons. The molecule has 0 N–H and O–H groups in total. The van der Waals surface area contributed by atoms with Crippen LogP contribution in [0.2, 0.25) is 0 Å². The number of nitriles is 2. The molecule has 0 saturated heterocycles. The van der Waals surface area contributed by atoms with Crippen molar-refractivity contribution >= 4 is 34.4 Å². The van der Waals surface area contributed by atoms with Gasteiger partial charge in [-0.3, -0.25) is 3.97 Å². The second kappa shape index (κ2) is 13.2. The number of ether oxygens (including phenoxy) is 1. The first-order valence-electron chi connectivity index (χ1n) is 14.5. The van der Waals surface area contributed by atoms with Crippen LogP contribution in [0, 0.1) is 28.5 Å². The number of esters is 1. The number of rotatable bonds is 7. The Kier molecular flexibility index (Phi) is 8.90. The number of allylic oxidation sites excluding steroid dienone is 3. The zero-order valence-corrected chi connectivity index (χ0v) is 25.8. The minimum atomic E-state index is -2.67. The van der Waals surface area contributed by atoms with Gasteiger partial charge in [0.15, 0.2) is 11.7 Å². The lowest BCUT2D eigenvalue weighted by Crippen LogP contribution is -2.11. The normalized spacial score (nSPS) is 13.2. The molecule has 11 heteroatoms. The fourth-order valence-electron chi connectivity index (χ4n) is 5.81. The van der Waals surface area contributed by atoms with Crippen molar-refractivity contribution in [3.05, 3.63) is 130 Å². The lowest BCUT2D eigenvalue weighted by molar-refractivity contribution is -0.136. The predicted octanol–water partition coefficient (Wildman–Crippen LogP) is 10.2. The molecule has 48 heavy (non-hydrogen) atoms. The summed E-state index contributed by atoms with van der Waals surface area (Å²) in [5.41, 5.74) is 1.93. The van der Waals surface area contributed by atoms with Crippen molar-refractivity contribution in [3.63, 3.8) is 0 Å². The van der Waals surface area contributed by atoms with Crippen LogP contribution in [0.3, 0.4) is 0 Å². The van der Waals surface area contributed by atoms with Gasteiger partial charge in [-0.05, 0) is 84.5 Å². The maximum Gasteiger partial charge on any atom is 0.336 e. The lowest BCUT2D eigenvalue weighted by atomic mass is 9.88. The van der Waals surface area contributed by atoms with Gasteiger partial charge in [0.05, 0.1) is 47.2 Å². The molecule has 0 saturated carbocycles. The van der Waals surface area contributed by atoms with Gasteiger partial charge in [-0.2, -0.15) is 10.5 Å². The summed E-state index contributed by atoms with van der Waals surface area (Å²) in [7, 11) is 1.08. The molecule has 0 spiro atoms. The van der Waals surface area contributed by atoms with E-state index in [2.05, 4.69) is 16.9 Å². The number of hydrogen-bond donors (Lipinski definition) is 0. The second-order valence-corrected chi connectivity index (χ2v) is 11.8. The van der Waals surface area contributed by atoms with Crippen molar-refractivity contribution in [2.45, 2.75) is 24.2 Å². The van der Waals surface area contributed by atoms with Crippen LogP contribution in [0.4, 0.5) is 22.0 Å². The number of carbonyl (C=O) groups is 1. The smallest absolute Gasteiger partial charge is 0.336 e. The van der Waals surface area contributed by atoms with Gasteiger partial charge in [-0.1, -0.05) is 36.4 Å². The molecular formula is C37H22F5N3O2S.